The number of carbonyl (C=O) groups is 1. The minimum Gasteiger partial charge on any atom is -0.493 e. The molecule has 0 aromatic heterocycles. The van der Waals surface area contributed by atoms with E-state index in [0.717, 1.165) is 11.1 Å². The van der Waals surface area contributed by atoms with E-state index in [4.69, 9.17) is 9.47 Å². The van der Waals surface area contributed by atoms with Crippen LogP contribution < -0.4 is 14.8 Å². The van der Waals surface area contributed by atoms with Gasteiger partial charge in [0, 0.05) is 26.6 Å². The molecule has 1 saturated heterocycles. The van der Waals surface area contributed by atoms with Gasteiger partial charge in [-0.2, -0.15) is 0 Å². The number of benzene rings is 1. The summed E-state index contributed by atoms with van der Waals surface area (Å²) in [6, 6.07) is 3.33. The molecule has 1 heterocycles. The molecule has 1 aliphatic rings. The average molecular weight is 310 g/mol. The van der Waals surface area contributed by atoms with Crippen LogP contribution in [0.3, 0.4) is 0 Å². The van der Waals surface area contributed by atoms with Gasteiger partial charge in [0.15, 0.2) is 11.5 Å². The maximum atomic E-state index is 13.2. The van der Waals surface area contributed by atoms with Crippen molar-refractivity contribution < 1.29 is 18.7 Å². The zero-order valence-corrected chi connectivity index (χ0v) is 13.5. The molecular formula is C16H23FN2O3. The zero-order chi connectivity index (χ0) is 16.3. The molecule has 1 aromatic carbocycles. The fourth-order valence-corrected chi connectivity index (χ4v) is 2.67. The van der Waals surface area contributed by atoms with E-state index in [1.807, 2.05) is 19.1 Å². The van der Waals surface area contributed by atoms with Crippen molar-refractivity contribution in [2.24, 2.45) is 0 Å². The fraction of sp³-hybridized carbons (Fsp3) is 0.562. The van der Waals surface area contributed by atoms with Crippen molar-refractivity contribution in [2.45, 2.75) is 32.1 Å². The molecule has 1 N–H and O–H groups in total. The SMILES string of the molecule is COc1cc(C)c(CN(C)C(=O)[C@H]2C[C@H](F)CN2)cc1OC. The molecule has 1 aromatic rings. The Morgan fingerprint density at radius 1 is 1.36 bits per heavy atom. The van der Waals surface area contributed by atoms with Crippen molar-refractivity contribution in [1.82, 2.24) is 10.2 Å². The van der Waals surface area contributed by atoms with Crippen molar-refractivity contribution in [3.63, 3.8) is 0 Å². The van der Waals surface area contributed by atoms with Crippen LogP contribution >= 0.6 is 0 Å². The maximum absolute atomic E-state index is 13.2. The van der Waals surface area contributed by atoms with Crippen molar-refractivity contribution in [1.29, 1.82) is 0 Å². The van der Waals surface area contributed by atoms with Gasteiger partial charge >= 0.3 is 0 Å². The largest absolute Gasteiger partial charge is 0.493 e. The highest BCUT2D eigenvalue weighted by atomic mass is 19.1. The second-order valence-electron chi connectivity index (χ2n) is 5.62. The van der Waals surface area contributed by atoms with Crippen molar-refractivity contribution >= 4 is 5.91 Å². The molecule has 0 aliphatic carbocycles. The Bertz CT molecular complexity index is 550. The molecular weight excluding hydrogens is 287 g/mol. The van der Waals surface area contributed by atoms with Crippen LogP contribution in [0.1, 0.15) is 17.5 Å². The lowest BCUT2D eigenvalue weighted by Gasteiger charge is -2.22. The second-order valence-corrected chi connectivity index (χ2v) is 5.62. The van der Waals surface area contributed by atoms with E-state index in [9.17, 15) is 9.18 Å². The molecule has 22 heavy (non-hydrogen) atoms. The van der Waals surface area contributed by atoms with Gasteiger partial charge in [-0.1, -0.05) is 0 Å². The smallest absolute Gasteiger partial charge is 0.239 e. The molecule has 122 valence electrons. The minimum absolute atomic E-state index is 0.0886. The van der Waals surface area contributed by atoms with Crippen LogP contribution in [0.25, 0.3) is 0 Å². The summed E-state index contributed by atoms with van der Waals surface area (Å²) in [5.74, 6) is 1.21. The summed E-state index contributed by atoms with van der Waals surface area (Å²) in [5, 5.41) is 2.92. The molecule has 5 nitrogen and oxygen atoms in total. The zero-order valence-electron chi connectivity index (χ0n) is 13.5. The molecule has 2 rings (SSSR count). The first-order valence-electron chi connectivity index (χ1n) is 7.30. The summed E-state index contributed by atoms with van der Waals surface area (Å²) in [6.45, 7) is 2.65. The molecule has 6 heteroatoms. The van der Waals surface area contributed by atoms with E-state index in [1.54, 1.807) is 26.2 Å². The number of halogens is 1. The highest BCUT2D eigenvalue weighted by Crippen LogP contribution is 2.30. The van der Waals surface area contributed by atoms with Crippen molar-refractivity contribution in [2.75, 3.05) is 27.8 Å². The summed E-state index contributed by atoms with van der Waals surface area (Å²) >= 11 is 0. The van der Waals surface area contributed by atoms with Crippen LogP contribution in [-0.2, 0) is 11.3 Å². The predicted molar refractivity (Wildman–Crippen MR) is 82.1 cm³/mol. The normalized spacial score (nSPS) is 20.8. The van der Waals surface area contributed by atoms with Gasteiger partial charge in [0.2, 0.25) is 5.91 Å². The van der Waals surface area contributed by atoms with Crippen LogP contribution in [0.15, 0.2) is 12.1 Å². The topological polar surface area (TPSA) is 50.8 Å². The summed E-state index contributed by atoms with van der Waals surface area (Å²) in [5.41, 5.74) is 1.99. The number of carbonyl (C=O) groups excluding carboxylic acids is 1. The minimum atomic E-state index is -0.940. The number of likely N-dealkylation sites (N-methyl/N-ethyl adjacent to an activating group) is 1. The second kappa shape index (κ2) is 6.96. The number of hydrogen-bond acceptors (Lipinski definition) is 4. The average Bonchev–Trinajstić information content (AvgIpc) is 2.94. The van der Waals surface area contributed by atoms with E-state index < -0.39 is 12.2 Å². The summed E-state index contributed by atoms with van der Waals surface area (Å²) in [4.78, 5) is 13.9. The first kappa shape index (κ1) is 16.5. The third-order valence-corrected chi connectivity index (χ3v) is 4.00. The highest BCUT2D eigenvalue weighted by Gasteiger charge is 2.31. The standard InChI is InChI=1S/C16H23FN2O3/c1-10-5-14(21-3)15(22-4)6-11(10)9-19(2)16(20)13-7-12(17)8-18-13/h5-6,12-13,18H,7-9H2,1-4H3/t12-,13+/m0/s1. The van der Waals surface area contributed by atoms with Crippen molar-refractivity contribution in [3.05, 3.63) is 23.3 Å². The Labute approximate surface area is 130 Å². The van der Waals surface area contributed by atoms with Crippen LogP contribution in [0, 0.1) is 6.92 Å². The van der Waals surface area contributed by atoms with Crippen LogP contribution in [0.5, 0.6) is 11.5 Å². The van der Waals surface area contributed by atoms with E-state index in [2.05, 4.69) is 5.32 Å². The van der Waals surface area contributed by atoms with Gasteiger partial charge in [-0.05, 0) is 30.2 Å². The van der Waals surface area contributed by atoms with Crippen molar-refractivity contribution in [3.8, 4) is 11.5 Å². The highest BCUT2D eigenvalue weighted by molar-refractivity contribution is 5.82. The first-order chi connectivity index (χ1) is 10.5. The Morgan fingerprint density at radius 3 is 2.55 bits per heavy atom. The fourth-order valence-electron chi connectivity index (χ4n) is 2.67. The monoisotopic (exact) mass is 310 g/mol. The summed E-state index contributed by atoms with van der Waals surface area (Å²) < 4.78 is 23.8. The number of nitrogens with one attached hydrogen (secondary N) is 1. The number of amides is 1. The maximum Gasteiger partial charge on any atom is 0.239 e. The number of rotatable bonds is 5. The number of ether oxygens (including phenoxy) is 2. The van der Waals surface area contributed by atoms with Crippen LogP contribution in [-0.4, -0.2) is 50.8 Å². The number of alkyl halides is 1. The van der Waals surface area contributed by atoms with Gasteiger partial charge in [-0.25, -0.2) is 4.39 Å². The van der Waals surface area contributed by atoms with E-state index >= 15 is 0 Å². The Kier molecular flexibility index (Phi) is 5.24. The van der Waals surface area contributed by atoms with E-state index in [-0.39, 0.29) is 18.9 Å². The van der Waals surface area contributed by atoms with Gasteiger partial charge in [0.05, 0.1) is 20.3 Å². The third-order valence-electron chi connectivity index (χ3n) is 4.00. The van der Waals surface area contributed by atoms with Gasteiger partial charge in [0.1, 0.15) is 6.17 Å². The molecule has 0 spiro atoms. The molecule has 1 amide bonds. The molecule has 0 radical (unpaired) electrons. The Hall–Kier alpha value is -1.82. The molecule has 0 saturated carbocycles. The van der Waals surface area contributed by atoms with Gasteiger partial charge in [-0.3, -0.25) is 4.79 Å². The number of methoxy groups -OCH3 is 2. The lowest BCUT2D eigenvalue weighted by Crippen LogP contribution is -2.41. The van der Waals surface area contributed by atoms with Gasteiger partial charge < -0.3 is 19.7 Å². The molecule has 1 aliphatic heterocycles. The quantitative estimate of drug-likeness (QED) is 0.899. The summed E-state index contributed by atoms with van der Waals surface area (Å²) in [7, 11) is 4.90. The molecule has 1 fully saturated rings. The third kappa shape index (κ3) is 3.50. The first-order valence-corrected chi connectivity index (χ1v) is 7.30. The van der Waals surface area contributed by atoms with E-state index in [1.165, 1.54) is 0 Å². The summed E-state index contributed by atoms with van der Waals surface area (Å²) in [6.07, 6.45) is -0.696. The van der Waals surface area contributed by atoms with Gasteiger partial charge in [-0.15, -0.1) is 0 Å². The molecule has 2 atom stereocenters. The number of hydrogen-bond donors (Lipinski definition) is 1. The van der Waals surface area contributed by atoms with Gasteiger partial charge in [0.25, 0.3) is 0 Å². The molecule has 0 bridgehead atoms. The van der Waals surface area contributed by atoms with Crippen LogP contribution in [0.2, 0.25) is 0 Å². The predicted octanol–water partition coefficient (Wildman–Crippen LogP) is 1.67. The molecule has 0 unspecified atom stereocenters. The number of nitrogens with zero attached hydrogens (tertiary/aromatic N) is 1. The number of aryl methyl sites for hydroxylation is 1. The van der Waals surface area contributed by atoms with Crippen LogP contribution in [0.4, 0.5) is 4.39 Å². The lowest BCUT2D eigenvalue weighted by atomic mass is 10.1. The Morgan fingerprint density at radius 2 is 2.00 bits per heavy atom. The van der Waals surface area contributed by atoms with E-state index in [0.29, 0.717) is 18.0 Å². The Balaban J connectivity index is 2.11. The lowest BCUT2D eigenvalue weighted by molar-refractivity contribution is -0.132.